The van der Waals surface area contributed by atoms with E-state index in [0.29, 0.717) is 5.39 Å². The number of rotatable bonds is 1. The molecule has 1 aromatic heterocycles. The van der Waals surface area contributed by atoms with Gasteiger partial charge in [0, 0.05) is 17.5 Å². The highest BCUT2D eigenvalue weighted by Gasteiger charge is 2.13. The van der Waals surface area contributed by atoms with E-state index >= 15 is 0 Å². The first-order chi connectivity index (χ1) is 6.68. The van der Waals surface area contributed by atoms with Gasteiger partial charge in [0.1, 0.15) is 0 Å². The SMILES string of the molecule is O=c1ccc2cccc([N+](=O)[O-])c2o1. The van der Waals surface area contributed by atoms with Gasteiger partial charge in [-0.3, -0.25) is 10.1 Å². The Morgan fingerprint density at radius 3 is 2.71 bits per heavy atom. The number of para-hydroxylation sites is 1. The molecule has 0 aliphatic rings. The molecule has 5 nitrogen and oxygen atoms in total. The molecule has 0 spiro atoms. The lowest BCUT2D eigenvalue weighted by atomic mass is 10.2. The van der Waals surface area contributed by atoms with Gasteiger partial charge in [-0.25, -0.2) is 4.79 Å². The van der Waals surface area contributed by atoms with Gasteiger partial charge in [-0.1, -0.05) is 12.1 Å². The van der Waals surface area contributed by atoms with Crippen LogP contribution in [0.25, 0.3) is 11.0 Å². The Kier molecular flexibility index (Phi) is 1.78. The van der Waals surface area contributed by atoms with E-state index in [2.05, 4.69) is 0 Å². The van der Waals surface area contributed by atoms with Crippen LogP contribution in [0, 0.1) is 10.1 Å². The van der Waals surface area contributed by atoms with E-state index in [4.69, 9.17) is 4.42 Å². The van der Waals surface area contributed by atoms with Gasteiger partial charge in [0.2, 0.25) is 5.58 Å². The maximum atomic E-state index is 10.9. The molecule has 0 atom stereocenters. The molecule has 14 heavy (non-hydrogen) atoms. The average Bonchev–Trinajstić information content (AvgIpc) is 2.16. The van der Waals surface area contributed by atoms with Crippen molar-refractivity contribution in [3.05, 3.63) is 50.9 Å². The van der Waals surface area contributed by atoms with Crippen LogP contribution in [0.2, 0.25) is 0 Å². The molecule has 0 unspecified atom stereocenters. The maximum Gasteiger partial charge on any atom is 0.336 e. The molecule has 0 saturated heterocycles. The molecule has 0 bridgehead atoms. The summed E-state index contributed by atoms with van der Waals surface area (Å²) in [5.74, 6) is 0. The Labute approximate surface area is 77.7 Å². The first kappa shape index (κ1) is 8.43. The summed E-state index contributed by atoms with van der Waals surface area (Å²) in [4.78, 5) is 20.9. The highest BCUT2D eigenvalue weighted by molar-refractivity contribution is 5.84. The van der Waals surface area contributed by atoms with E-state index in [-0.39, 0.29) is 11.3 Å². The third-order valence-electron chi connectivity index (χ3n) is 1.82. The topological polar surface area (TPSA) is 73.3 Å². The van der Waals surface area contributed by atoms with E-state index in [0.717, 1.165) is 0 Å². The van der Waals surface area contributed by atoms with Crippen LogP contribution in [0.4, 0.5) is 5.69 Å². The summed E-state index contributed by atoms with van der Waals surface area (Å²) in [6, 6.07) is 7.21. The fourth-order valence-electron chi connectivity index (χ4n) is 1.22. The average molecular weight is 191 g/mol. The zero-order valence-corrected chi connectivity index (χ0v) is 6.97. The Morgan fingerprint density at radius 1 is 1.21 bits per heavy atom. The number of hydrogen-bond acceptors (Lipinski definition) is 4. The van der Waals surface area contributed by atoms with Crippen molar-refractivity contribution in [2.24, 2.45) is 0 Å². The zero-order chi connectivity index (χ0) is 10.1. The van der Waals surface area contributed by atoms with Crippen molar-refractivity contribution in [1.29, 1.82) is 0 Å². The van der Waals surface area contributed by atoms with Gasteiger partial charge in [-0.15, -0.1) is 0 Å². The van der Waals surface area contributed by atoms with Crippen LogP contribution in [0.1, 0.15) is 0 Å². The van der Waals surface area contributed by atoms with Crippen LogP contribution in [-0.2, 0) is 0 Å². The summed E-state index contributed by atoms with van der Waals surface area (Å²) in [6.07, 6.45) is 0. The molecule has 0 radical (unpaired) electrons. The second kappa shape index (κ2) is 2.95. The van der Waals surface area contributed by atoms with Gasteiger partial charge in [-0.2, -0.15) is 0 Å². The fraction of sp³-hybridized carbons (Fsp3) is 0. The Morgan fingerprint density at radius 2 is 2.00 bits per heavy atom. The van der Waals surface area contributed by atoms with Crippen molar-refractivity contribution >= 4 is 16.7 Å². The molecular formula is C9H5NO4. The van der Waals surface area contributed by atoms with Gasteiger partial charge < -0.3 is 4.42 Å². The molecule has 1 heterocycles. The minimum absolute atomic E-state index is 0.0185. The smallest absolute Gasteiger partial charge is 0.336 e. The number of non-ortho nitro benzene ring substituents is 1. The van der Waals surface area contributed by atoms with Crippen molar-refractivity contribution in [3.63, 3.8) is 0 Å². The lowest BCUT2D eigenvalue weighted by molar-refractivity contribution is -0.383. The standard InChI is InChI=1S/C9H5NO4/c11-8-5-4-6-2-1-3-7(10(12)13)9(6)14-8/h1-5H. The maximum absolute atomic E-state index is 10.9. The van der Waals surface area contributed by atoms with Crippen LogP contribution in [0.3, 0.4) is 0 Å². The molecule has 1 aromatic carbocycles. The number of fused-ring (bicyclic) bond motifs is 1. The molecule has 0 amide bonds. The number of hydrogen-bond donors (Lipinski definition) is 0. The summed E-state index contributed by atoms with van der Waals surface area (Å²) in [5, 5.41) is 11.1. The molecule has 70 valence electrons. The Balaban J connectivity index is 2.91. The molecular weight excluding hydrogens is 186 g/mol. The van der Waals surface area contributed by atoms with Gasteiger partial charge in [-0.05, 0) is 6.07 Å². The Hall–Kier alpha value is -2.17. The molecule has 0 aliphatic carbocycles. The minimum Gasteiger partial charge on any atom is -0.415 e. The van der Waals surface area contributed by atoms with Crippen LogP contribution < -0.4 is 5.63 Å². The van der Waals surface area contributed by atoms with Gasteiger partial charge >= 0.3 is 11.3 Å². The quantitative estimate of drug-likeness (QED) is 0.390. The van der Waals surface area contributed by atoms with Gasteiger partial charge in [0.05, 0.1) is 4.92 Å². The fourth-order valence-corrected chi connectivity index (χ4v) is 1.22. The van der Waals surface area contributed by atoms with E-state index in [1.165, 1.54) is 18.2 Å². The summed E-state index contributed by atoms with van der Waals surface area (Å²) in [6.45, 7) is 0. The molecule has 5 heteroatoms. The molecule has 0 fully saturated rings. The second-order valence-corrected chi connectivity index (χ2v) is 2.71. The molecule has 2 rings (SSSR count). The van der Waals surface area contributed by atoms with E-state index in [1.54, 1.807) is 12.1 Å². The molecule has 0 N–H and O–H groups in total. The summed E-state index contributed by atoms with van der Waals surface area (Å²) < 4.78 is 4.76. The first-order valence-corrected chi connectivity index (χ1v) is 3.86. The first-order valence-electron chi connectivity index (χ1n) is 3.86. The zero-order valence-electron chi connectivity index (χ0n) is 6.97. The summed E-state index contributed by atoms with van der Waals surface area (Å²) >= 11 is 0. The summed E-state index contributed by atoms with van der Waals surface area (Å²) in [5.41, 5.74) is -0.767. The molecule has 0 aliphatic heterocycles. The largest absolute Gasteiger partial charge is 0.415 e. The molecule has 0 saturated carbocycles. The predicted molar refractivity (Wildman–Crippen MR) is 49.1 cm³/mol. The van der Waals surface area contributed by atoms with Crippen LogP contribution >= 0.6 is 0 Å². The van der Waals surface area contributed by atoms with Crippen molar-refractivity contribution in [1.82, 2.24) is 0 Å². The normalized spacial score (nSPS) is 10.3. The summed E-state index contributed by atoms with van der Waals surface area (Å²) in [7, 11) is 0. The van der Waals surface area contributed by atoms with Crippen LogP contribution in [-0.4, -0.2) is 4.92 Å². The lowest BCUT2D eigenvalue weighted by Gasteiger charge is -1.95. The minimum atomic E-state index is -0.591. The lowest BCUT2D eigenvalue weighted by Crippen LogP contribution is -1.97. The number of nitrogens with zero attached hydrogens (tertiary/aromatic N) is 1. The predicted octanol–water partition coefficient (Wildman–Crippen LogP) is 1.70. The number of nitro benzene ring substituents is 1. The van der Waals surface area contributed by atoms with E-state index in [1.807, 2.05) is 0 Å². The van der Waals surface area contributed by atoms with Crippen LogP contribution in [0.15, 0.2) is 39.5 Å². The number of benzene rings is 1. The van der Waals surface area contributed by atoms with Gasteiger partial charge in [0.15, 0.2) is 0 Å². The van der Waals surface area contributed by atoms with Crippen molar-refractivity contribution < 1.29 is 9.34 Å². The highest BCUT2D eigenvalue weighted by atomic mass is 16.6. The van der Waals surface area contributed by atoms with Crippen molar-refractivity contribution in [2.75, 3.05) is 0 Å². The second-order valence-electron chi connectivity index (χ2n) is 2.71. The highest BCUT2D eigenvalue weighted by Crippen LogP contribution is 2.23. The third-order valence-corrected chi connectivity index (χ3v) is 1.82. The number of nitro groups is 1. The van der Waals surface area contributed by atoms with Crippen molar-refractivity contribution in [3.8, 4) is 0 Å². The van der Waals surface area contributed by atoms with Crippen LogP contribution in [0.5, 0.6) is 0 Å². The monoisotopic (exact) mass is 191 g/mol. The van der Waals surface area contributed by atoms with E-state index in [9.17, 15) is 14.9 Å². The molecule has 2 aromatic rings. The van der Waals surface area contributed by atoms with Crippen molar-refractivity contribution in [2.45, 2.75) is 0 Å². The van der Waals surface area contributed by atoms with Gasteiger partial charge in [0.25, 0.3) is 0 Å². The Bertz CT molecular complexity index is 558. The third kappa shape index (κ3) is 1.24. The van der Waals surface area contributed by atoms with E-state index < -0.39 is 10.5 Å².